The van der Waals surface area contributed by atoms with E-state index in [0.717, 1.165) is 26.0 Å². The number of hydrogen-bond acceptors (Lipinski definition) is 5. The normalized spacial score (nSPS) is 10.9. The van der Waals surface area contributed by atoms with Crippen LogP contribution in [0.4, 0.5) is 5.82 Å². The Balaban J connectivity index is 1.93. The van der Waals surface area contributed by atoms with Crippen LogP contribution in [0.15, 0.2) is 17.2 Å². The van der Waals surface area contributed by atoms with Crippen molar-refractivity contribution < 1.29 is 4.74 Å². The highest BCUT2D eigenvalue weighted by atomic mass is 16.5. The Bertz CT molecular complexity index is 533. The molecule has 0 aliphatic heterocycles. The Morgan fingerprint density at radius 3 is 3.24 bits per heavy atom. The SMILES string of the molecule is COCCCCNc1cc2n[nH]c(=O)n2cn1. The highest BCUT2D eigenvalue weighted by Gasteiger charge is 2.01. The molecule has 2 rings (SSSR count). The molecule has 7 nitrogen and oxygen atoms in total. The lowest BCUT2D eigenvalue weighted by Gasteiger charge is -2.04. The fourth-order valence-corrected chi connectivity index (χ4v) is 1.49. The summed E-state index contributed by atoms with van der Waals surface area (Å²) >= 11 is 0. The predicted molar refractivity (Wildman–Crippen MR) is 63.2 cm³/mol. The van der Waals surface area contributed by atoms with Crippen LogP contribution in [-0.4, -0.2) is 39.8 Å². The van der Waals surface area contributed by atoms with Crippen LogP contribution in [0.2, 0.25) is 0 Å². The molecule has 0 atom stereocenters. The summed E-state index contributed by atoms with van der Waals surface area (Å²) in [5, 5.41) is 9.39. The van der Waals surface area contributed by atoms with Crippen molar-refractivity contribution in [2.24, 2.45) is 0 Å². The molecule has 17 heavy (non-hydrogen) atoms. The average molecular weight is 237 g/mol. The summed E-state index contributed by atoms with van der Waals surface area (Å²) < 4.78 is 6.32. The molecule has 0 saturated heterocycles. The Labute approximate surface area is 97.8 Å². The zero-order valence-electron chi connectivity index (χ0n) is 9.64. The molecule has 2 aromatic rings. The van der Waals surface area contributed by atoms with Gasteiger partial charge in [-0.15, -0.1) is 0 Å². The lowest BCUT2D eigenvalue weighted by atomic mass is 10.3. The number of rotatable bonds is 6. The minimum Gasteiger partial charge on any atom is -0.385 e. The maximum atomic E-state index is 11.2. The zero-order chi connectivity index (χ0) is 12.1. The maximum Gasteiger partial charge on any atom is 0.348 e. The van der Waals surface area contributed by atoms with Crippen molar-refractivity contribution in [1.82, 2.24) is 19.6 Å². The van der Waals surface area contributed by atoms with Crippen molar-refractivity contribution in [3.05, 3.63) is 22.9 Å². The highest BCUT2D eigenvalue weighted by Crippen LogP contribution is 2.04. The standard InChI is InChI=1S/C10H15N5O2/c1-17-5-3-2-4-11-8-6-9-13-14-10(16)15(9)7-12-8/h6-7,11H,2-5H2,1H3,(H,14,16). The molecule has 92 valence electrons. The molecule has 0 amide bonds. The first kappa shape index (κ1) is 11.6. The van der Waals surface area contributed by atoms with E-state index in [4.69, 9.17) is 4.74 Å². The van der Waals surface area contributed by atoms with Crippen LogP contribution >= 0.6 is 0 Å². The average Bonchev–Trinajstić information content (AvgIpc) is 2.71. The number of ether oxygens (including phenoxy) is 1. The number of methoxy groups -OCH3 is 1. The number of hydrogen-bond donors (Lipinski definition) is 2. The first-order valence-corrected chi connectivity index (χ1v) is 5.47. The van der Waals surface area contributed by atoms with Crippen LogP contribution in [0.5, 0.6) is 0 Å². The molecule has 0 radical (unpaired) electrons. The first-order valence-electron chi connectivity index (χ1n) is 5.47. The van der Waals surface area contributed by atoms with Gasteiger partial charge in [-0.3, -0.25) is 0 Å². The third-order valence-corrected chi connectivity index (χ3v) is 2.39. The summed E-state index contributed by atoms with van der Waals surface area (Å²) in [5.74, 6) is 0.717. The van der Waals surface area contributed by atoms with E-state index < -0.39 is 0 Å². The molecule has 2 heterocycles. The van der Waals surface area contributed by atoms with Crippen LogP contribution in [-0.2, 0) is 4.74 Å². The minimum absolute atomic E-state index is 0.279. The molecule has 0 aliphatic carbocycles. The Morgan fingerprint density at radius 2 is 2.41 bits per heavy atom. The molecule has 2 aromatic heterocycles. The van der Waals surface area contributed by atoms with Crippen molar-refractivity contribution in [3.8, 4) is 0 Å². The largest absolute Gasteiger partial charge is 0.385 e. The molecule has 0 fully saturated rings. The van der Waals surface area contributed by atoms with Crippen molar-refractivity contribution >= 4 is 11.5 Å². The lowest BCUT2D eigenvalue weighted by Crippen LogP contribution is -2.10. The number of nitrogens with one attached hydrogen (secondary N) is 2. The van der Waals surface area contributed by atoms with Crippen LogP contribution in [0.1, 0.15) is 12.8 Å². The fraction of sp³-hybridized carbons (Fsp3) is 0.500. The van der Waals surface area contributed by atoms with Gasteiger partial charge in [-0.1, -0.05) is 0 Å². The van der Waals surface area contributed by atoms with E-state index in [1.54, 1.807) is 13.2 Å². The van der Waals surface area contributed by atoms with Gasteiger partial charge in [0, 0.05) is 26.3 Å². The first-order chi connectivity index (χ1) is 8.31. The molecular formula is C10H15N5O2. The zero-order valence-corrected chi connectivity index (χ0v) is 9.64. The van der Waals surface area contributed by atoms with Gasteiger partial charge in [0.1, 0.15) is 12.1 Å². The molecule has 0 saturated carbocycles. The van der Waals surface area contributed by atoms with Crippen molar-refractivity contribution in [1.29, 1.82) is 0 Å². The summed E-state index contributed by atoms with van der Waals surface area (Å²) in [7, 11) is 1.69. The molecule has 0 aliphatic rings. The number of aromatic amines is 1. The summed E-state index contributed by atoms with van der Waals surface area (Å²) in [4.78, 5) is 15.3. The molecular weight excluding hydrogens is 222 g/mol. The molecule has 7 heteroatoms. The monoisotopic (exact) mass is 237 g/mol. The third-order valence-electron chi connectivity index (χ3n) is 2.39. The number of H-pyrrole nitrogens is 1. The van der Waals surface area contributed by atoms with Gasteiger partial charge < -0.3 is 10.1 Å². The van der Waals surface area contributed by atoms with E-state index >= 15 is 0 Å². The third kappa shape index (κ3) is 2.82. The van der Waals surface area contributed by atoms with Gasteiger partial charge in [0.25, 0.3) is 0 Å². The second-order valence-corrected chi connectivity index (χ2v) is 3.66. The Hall–Kier alpha value is -1.89. The topological polar surface area (TPSA) is 84.3 Å². The van der Waals surface area contributed by atoms with Crippen LogP contribution in [0, 0.1) is 0 Å². The van der Waals surface area contributed by atoms with Gasteiger partial charge in [0.15, 0.2) is 5.65 Å². The Morgan fingerprint density at radius 1 is 1.53 bits per heavy atom. The van der Waals surface area contributed by atoms with Gasteiger partial charge in [-0.05, 0) is 12.8 Å². The second-order valence-electron chi connectivity index (χ2n) is 3.66. The summed E-state index contributed by atoms with van der Waals surface area (Å²) in [5.41, 5.74) is 0.281. The lowest BCUT2D eigenvalue weighted by molar-refractivity contribution is 0.194. The van der Waals surface area contributed by atoms with E-state index in [9.17, 15) is 4.79 Å². The number of fused-ring (bicyclic) bond motifs is 1. The van der Waals surface area contributed by atoms with E-state index in [1.165, 1.54) is 10.7 Å². The molecule has 0 aromatic carbocycles. The van der Waals surface area contributed by atoms with Gasteiger partial charge in [-0.25, -0.2) is 19.3 Å². The van der Waals surface area contributed by atoms with Crippen molar-refractivity contribution in [2.45, 2.75) is 12.8 Å². The summed E-state index contributed by atoms with van der Waals surface area (Å²) in [6, 6.07) is 1.73. The summed E-state index contributed by atoms with van der Waals surface area (Å²) in [6.07, 6.45) is 3.47. The van der Waals surface area contributed by atoms with E-state index in [-0.39, 0.29) is 5.69 Å². The maximum absolute atomic E-state index is 11.2. The van der Waals surface area contributed by atoms with E-state index in [0.29, 0.717) is 11.5 Å². The molecule has 2 N–H and O–H groups in total. The van der Waals surface area contributed by atoms with Crippen molar-refractivity contribution in [3.63, 3.8) is 0 Å². The van der Waals surface area contributed by atoms with Gasteiger partial charge >= 0.3 is 5.69 Å². The van der Waals surface area contributed by atoms with Crippen LogP contribution in [0.25, 0.3) is 5.65 Å². The van der Waals surface area contributed by atoms with Gasteiger partial charge in [0.05, 0.1) is 0 Å². The van der Waals surface area contributed by atoms with Gasteiger partial charge in [0.2, 0.25) is 0 Å². The fourth-order valence-electron chi connectivity index (χ4n) is 1.49. The number of unbranched alkanes of at least 4 members (excludes halogenated alkanes) is 1. The van der Waals surface area contributed by atoms with E-state index in [2.05, 4.69) is 20.5 Å². The number of nitrogens with zero attached hydrogens (tertiary/aromatic N) is 3. The highest BCUT2D eigenvalue weighted by molar-refractivity contribution is 5.48. The Kier molecular flexibility index (Phi) is 3.71. The van der Waals surface area contributed by atoms with Crippen LogP contribution in [0.3, 0.4) is 0 Å². The molecule has 0 spiro atoms. The summed E-state index contributed by atoms with van der Waals surface area (Å²) in [6.45, 7) is 1.59. The van der Waals surface area contributed by atoms with Crippen LogP contribution < -0.4 is 11.0 Å². The number of anilines is 1. The molecule has 0 bridgehead atoms. The molecule has 0 unspecified atom stereocenters. The smallest absolute Gasteiger partial charge is 0.348 e. The van der Waals surface area contributed by atoms with Gasteiger partial charge in [-0.2, -0.15) is 5.10 Å². The minimum atomic E-state index is -0.279. The van der Waals surface area contributed by atoms with Crippen molar-refractivity contribution in [2.75, 3.05) is 25.6 Å². The second kappa shape index (κ2) is 5.44. The number of aromatic nitrogens is 4. The van der Waals surface area contributed by atoms with E-state index in [1.807, 2.05) is 0 Å². The quantitative estimate of drug-likeness (QED) is 0.704. The predicted octanol–water partition coefficient (Wildman–Crippen LogP) is 0.256.